The zero-order chi connectivity index (χ0) is 12.3. The molecular formula is C11H17ClN4O. The molecule has 1 fully saturated rings. The zero-order valence-corrected chi connectivity index (χ0v) is 10.9. The zero-order valence-electron chi connectivity index (χ0n) is 10.2. The van der Waals surface area contributed by atoms with Gasteiger partial charge in [0.1, 0.15) is 6.10 Å². The maximum absolute atomic E-state index is 5.84. The number of hydrogen-bond acceptors (Lipinski definition) is 5. The second-order valence-electron chi connectivity index (χ2n) is 4.46. The van der Waals surface area contributed by atoms with Crippen molar-refractivity contribution in [2.75, 3.05) is 19.0 Å². The number of aromatic nitrogens is 3. The summed E-state index contributed by atoms with van der Waals surface area (Å²) in [6.45, 7) is 0. The monoisotopic (exact) mass is 256 g/mol. The van der Waals surface area contributed by atoms with Gasteiger partial charge in [-0.15, -0.1) is 0 Å². The Labute approximate surface area is 106 Å². The van der Waals surface area contributed by atoms with Gasteiger partial charge in [0.25, 0.3) is 0 Å². The predicted octanol–water partition coefficient (Wildman–Crippen LogP) is 2.30. The van der Waals surface area contributed by atoms with Crippen LogP contribution in [0.5, 0.6) is 6.01 Å². The Hall–Kier alpha value is -1.10. The third-order valence-corrected chi connectivity index (χ3v) is 2.97. The van der Waals surface area contributed by atoms with Crippen LogP contribution < -0.4 is 9.64 Å². The lowest BCUT2D eigenvalue weighted by molar-refractivity contribution is 0.141. The van der Waals surface area contributed by atoms with Crippen LogP contribution >= 0.6 is 11.6 Å². The minimum atomic E-state index is 0.175. The van der Waals surface area contributed by atoms with Crippen molar-refractivity contribution in [3.05, 3.63) is 5.28 Å². The van der Waals surface area contributed by atoms with Gasteiger partial charge in [0.2, 0.25) is 11.2 Å². The van der Waals surface area contributed by atoms with Crippen molar-refractivity contribution < 1.29 is 4.74 Å². The van der Waals surface area contributed by atoms with Crippen LogP contribution in [0.15, 0.2) is 0 Å². The summed E-state index contributed by atoms with van der Waals surface area (Å²) in [5, 5.41) is 0.175. The first-order chi connectivity index (χ1) is 8.15. The van der Waals surface area contributed by atoms with Gasteiger partial charge in [-0.3, -0.25) is 0 Å². The SMILES string of the molecule is CN(C)c1nc(Cl)nc(OC2CCCCC2)n1. The topological polar surface area (TPSA) is 51.1 Å². The number of anilines is 1. The smallest absolute Gasteiger partial charge is 0.322 e. The summed E-state index contributed by atoms with van der Waals surface area (Å²) in [4.78, 5) is 14.0. The summed E-state index contributed by atoms with van der Waals surface area (Å²) < 4.78 is 5.75. The fourth-order valence-corrected chi connectivity index (χ4v) is 2.05. The molecule has 0 unspecified atom stereocenters. The van der Waals surface area contributed by atoms with Crippen molar-refractivity contribution in [3.63, 3.8) is 0 Å². The van der Waals surface area contributed by atoms with Crippen LogP contribution in [0, 0.1) is 0 Å². The molecule has 94 valence electrons. The molecule has 6 heteroatoms. The summed E-state index contributed by atoms with van der Waals surface area (Å²) in [6, 6.07) is 0.334. The van der Waals surface area contributed by atoms with Crippen LogP contribution in [0.1, 0.15) is 32.1 Å². The van der Waals surface area contributed by atoms with E-state index in [9.17, 15) is 0 Å². The minimum absolute atomic E-state index is 0.175. The highest BCUT2D eigenvalue weighted by Gasteiger charge is 2.17. The number of ether oxygens (including phenoxy) is 1. The van der Waals surface area contributed by atoms with Crippen molar-refractivity contribution in [1.82, 2.24) is 15.0 Å². The Bertz CT molecular complexity index is 380. The Morgan fingerprint density at radius 2 is 1.82 bits per heavy atom. The average Bonchev–Trinajstić information content (AvgIpc) is 2.29. The summed E-state index contributed by atoms with van der Waals surface area (Å²) in [6.07, 6.45) is 6.08. The second-order valence-corrected chi connectivity index (χ2v) is 4.80. The molecule has 5 nitrogen and oxygen atoms in total. The molecule has 1 aliphatic rings. The lowest BCUT2D eigenvalue weighted by Gasteiger charge is -2.22. The standard InChI is InChI=1S/C11H17ClN4O/c1-16(2)10-13-9(12)14-11(15-10)17-8-6-4-3-5-7-8/h8H,3-7H2,1-2H3. The first-order valence-electron chi connectivity index (χ1n) is 5.90. The van der Waals surface area contributed by atoms with Crippen molar-refractivity contribution in [2.45, 2.75) is 38.2 Å². The molecule has 0 bridgehead atoms. The Kier molecular flexibility index (Phi) is 3.99. The van der Waals surface area contributed by atoms with Crippen molar-refractivity contribution in [1.29, 1.82) is 0 Å². The largest absolute Gasteiger partial charge is 0.460 e. The molecule has 0 aliphatic heterocycles. The lowest BCUT2D eigenvalue weighted by atomic mass is 9.98. The van der Waals surface area contributed by atoms with Gasteiger partial charge >= 0.3 is 6.01 Å². The summed E-state index contributed by atoms with van der Waals surface area (Å²) in [5.74, 6) is 0.524. The van der Waals surface area contributed by atoms with Crippen LogP contribution in [0.2, 0.25) is 5.28 Å². The number of hydrogen-bond donors (Lipinski definition) is 0. The molecule has 1 aliphatic carbocycles. The maximum Gasteiger partial charge on any atom is 0.322 e. The van der Waals surface area contributed by atoms with E-state index >= 15 is 0 Å². The number of rotatable bonds is 3. The van der Waals surface area contributed by atoms with Crippen molar-refractivity contribution in [2.24, 2.45) is 0 Å². The van der Waals surface area contributed by atoms with Gasteiger partial charge in [-0.2, -0.15) is 15.0 Å². The van der Waals surface area contributed by atoms with E-state index in [1.54, 1.807) is 4.90 Å². The first kappa shape index (κ1) is 12.4. The highest BCUT2D eigenvalue weighted by molar-refractivity contribution is 6.28. The van der Waals surface area contributed by atoms with Crippen LogP contribution in [0.3, 0.4) is 0 Å². The molecule has 1 aromatic heterocycles. The molecular weight excluding hydrogens is 240 g/mol. The molecule has 2 rings (SSSR count). The molecule has 1 saturated carbocycles. The molecule has 0 radical (unpaired) electrons. The maximum atomic E-state index is 5.84. The van der Waals surface area contributed by atoms with E-state index in [2.05, 4.69) is 15.0 Å². The molecule has 17 heavy (non-hydrogen) atoms. The Balaban J connectivity index is 2.09. The molecule has 1 heterocycles. The molecule has 1 aromatic rings. The van der Waals surface area contributed by atoms with Gasteiger partial charge in [-0.1, -0.05) is 6.42 Å². The van der Waals surface area contributed by atoms with Crippen LogP contribution in [0.4, 0.5) is 5.95 Å². The molecule has 0 aromatic carbocycles. The van der Waals surface area contributed by atoms with Gasteiger partial charge in [-0.25, -0.2) is 0 Å². The van der Waals surface area contributed by atoms with E-state index in [1.165, 1.54) is 19.3 Å². The van der Waals surface area contributed by atoms with Gasteiger partial charge in [-0.05, 0) is 37.3 Å². The van der Waals surface area contributed by atoms with Crippen LogP contribution in [-0.4, -0.2) is 35.2 Å². The van der Waals surface area contributed by atoms with Gasteiger partial charge in [0, 0.05) is 14.1 Å². The van der Waals surface area contributed by atoms with Gasteiger partial charge < -0.3 is 9.64 Å². The third kappa shape index (κ3) is 3.43. The normalized spacial score (nSPS) is 16.9. The van der Waals surface area contributed by atoms with Crippen molar-refractivity contribution in [3.8, 4) is 6.01 Å². The fraction of sp³-hybridized carbons (Fsp3) is 0.727. The summed E-state index contributed by atoms with van der Waals surface area (Å²) in [7, 11) is 3.71. The van der Waals surface area contributed by atoms with Crippen molar-refractivity contribution >= 4 is 17.5 Å². The predicted molar refractivity (Wildman–Crippen MR) is 66.7 cm³/mol. The molecule has 0 N–H and O–H groups in total. The Morgan fingerprint density at radius 1 is 1.12 bits per heavy atom. The minimum Gasteiger partial charge on any atom is -0.460 e. The second kappa shape index (κ2) is 5.49. The van der Waals surface area contributed by atoms with Gasteiger partial charge in [0.05, 0.1) is 0 Å². The van der Waals surface area contributed by atoms with E-state index in [4.69, 9.17) is 16.3 Å². The summed E-state index contributed by atoms with van der Waals surface area (Å²) in [5.41, 5.74) is 0. The van der Waals surface area contributed by atoms with E-state index in [0.29, 0.717) is 12.0 Å². The van der Waals surface area contributed by atoms with Gasteiger partial charge in [0.15, 0.2) is 0 Å². The van der Waals surface area contributed by atoms with E-state index < -0.39 is 0 Å². The lowest BCUT2D eigenvalue weighted by Crippen LogP contribution is -2.22. The fourth-order valence-electron chi connectivity index (χ4n) is 1.91. The number of halogens is 1. The average molecular weight is 257 g/mol. The molecule has 0 amide bonds. The first-order valence-corrected chi connectivity index (χ1v) is 6.28. The third-order valence-electron chi connectivity index (χ3n) is 2.80. The molecule has 0 atom stereocenters. The van der Waals surface area contributed by atoms with Crippen LogP contribution in [-0.2, 0) is 0 Å². The molecule has 0 saturated heterocycles. The van der Waals surface area contributed by atoms with E-state index in [-0.39, 0.29) is 11.4 Å². The van der Waals surface area contributed by atoms with E-state index in [1.807, 2.05) is 14.1 Å². The molecule has 0 spiro atoms. The van der Waals surface area contributed by atoms with Crippen LogP contribution in [0.25, 0.3) is 0 Å². The highest BCUT2D eigenvalue weighted by Crippen LogP contribution is 2.22. The highest BCUT2D eigenvalue weighted by atomic mass is 35.5. The van der Waals surface area contributed by atoms with E-state index in [0.717, 1.165) is 12.8 Å². The number of nitrogens with zero attached hydrogens (tertiary/aromatic N) is 4. The summed E-state index contributed by atoms with van der Waals surface area (Å²) >= 11 is 5.84. The Morgan fingerprint density at radius 3 is 2.47 bits per heavy atom. The quantitative estimate of drug-likeness (QED) is 0.831.